The van der Waals surface area contributed by atoms with Gasteiger partial charge in [0.05, 0.1) is 15.7 Å². The third kappa shape index (κ3) is 4.23. The summed E-state index contributed by atoms with van der Waals surface area (Å²) in [6, 6.07) is 1.46. The first kappa shape index (κ1) is 19.9. The van der Waals surface area contributed by atoms with E-state index in [0.717, 1.165) is 0 Å². The lowest BCUT2D eigenvalue weighted by atomic mass is 10.1. The van der Waals surface area contributed by atoms with Crippen LogP contribution in [0.3, 0.4) is 0 Å². The number of anilines is 1. The Bertz CT molecular complexity index is 906. The normalized spacial score (nSPS) is 10.5. The third-order valence-corrected chi connectivity index (χ3v) is 4.36. The lowest BCUT2D eigenvalue weighted by Gasteiger charge is -2.09. The topological polar surface area (TPSA) is 101 Å². The molecule has 7 nitrogen and oxygen atoms in total. The minimum absolute atomic E-state index is 0.125. The maximum absolute atomic E-state index is 12.2. The number of aryl methyl sites for hydroxylation is 2. The summed E-state index contributed by atoms with van der Waals surface area (Å²) in [5.41, 5.74) is 2.13. The predicted molar refractivity (Wildman–Crippen MR) is 98.2 cm³/mol. The van der Waals surface area contributed by atoms with Gasteiger partial charge in [-0.1, -0.05) is 23.2 Å². The number of esters is 1. The number of carbonyl (C=O) groups is 3. The number of ketones is 1. The van der Waals surface area contributed by atoms with Crippen LogP contribution in [0.4, 0.5) is 5.82 Å². The summed E-state index contributed by atoms with van der Waals surface area (Å²) in [6.45, 7) is 5.86. The van der Waals surface area contributed by atoms with E-state index in [9.17, 15) is 14.4 Å². The van der Waals surface area contributed by atoms with E-state index in [0.29, 0.717) is 27.5 Å². The molecule has 0 aliphatic rings. The van der Waals surface area contributed by atoms with E-state index >= 15 is 0 Å². The molecule has 0 spiro atoms. The molecular formula is C17H17Cl2N3O4. The van der Waals surface area contributed by atoms with Crippen LogP contribution in [-0.2, 0) is 9.53 Å². The molecule has 0 aliphatic carbocycles. The number of amides is 1. The second-order valence-corrected chi connectivity index (χ2v) is 6.51. The van der Waals surface area contributed by atoms with Crippen molar-refractivity contribution in [1.29, 1.82) is 0 Å². The molecule has 26 heavy (non-hydrogen) atoms. The van der Waals surface area contributed by atoms with Crippen molar-refractivity contribution in [2.75, 3.05) is 11.9 Å². The number of nitrogens with zero attached hydrogens (tertiary/aromatic N) is 1. The maximum Gasteiger partial charge on any atom is 0.355 e. The fourth-order valence-corrected chi connectivity index (χ4v) is 2.91. The van der Waals surface area contributed by atoms with E-state index < -0.39 is 18.5 Å². The van der Waals surface area contributed by atoms with Gasteiger partial charge in [-0.25, -0.2) is 9.78 Å². The van der Waals surface area contributed by atoms with E-state index in [4.69, 9.17) is 27.9 Å². The highest BCUT2D eigenvalue weighted by molar-refractivity contribution is 6.36. The Hall–Kier alpha value is -2.38. The molecule has 0 saturated carbocycles. The molecule has 2 rings (SSSR count). The third-order valence-electron chi connectivity index (χ3n) is 3.69. The summed E-state index contributed by atoms with van der Waals surface area (Å²) in [5.74, 6) is -1.38. The average Bonchev–Trinajstić information content (AvgIpc) is 2.85. The largest absolute Gasteiger partial charge is 0.451 e. The van der Waals surface area contributed by atoms with Crippen LogP contribution in [0.15, 0.2) is 6.07 Å². The van der Waals surface area contributed by atoms with Crippen LogP contribution in [0.1, 0.15) is 44.7 Å². The summed E-state index contributed by atoms with van der Waals surface area (Å²) < 4.78 is 4.99. The Morgan fingerprint density at radius 3 is 2.42 bits per heavy atom. The average molecular weight is 398 g/mol. The zero-order chi connectivity index (χ0) is 19.6. The molecule has 2 N–H and O–H groups in total. The molecule has 138 valence electrons. The van der Waals surface area contributed by atoms with Crippen molar-refractivity contribution in [3.05, 3.63) is 44.3 Å². The standard InChI is InChI=1S/C17H17Cl2N3O4/c1-7-14(10(4)23)9(3)20-15(7)17(25)26-6-13(24)22-16-12(19)5-11(18)8(2)21-16/h5,20H,6H2,1-4H3,(H,21,22,24). The highest BCUT2D eigenvalue weighted by Gasteiger charge is 2.21. The van der Waals surface area contributed by atoms with Gasteiger partial charge < -0.3 is 15.0 Å². The van der Waals surface area contributed by atoms with Crippen molar-refractivity contribution >= 4 is 46.7 Å². The van der Waals surface area contributed by atoms with Gasteiger partial charge in [-0.3, -0.25) is 9.59 Å². The van der Waals surface area contributed by atoms with E-state index in [1.165, 1.54) is 13.0 Å². The number of aromatic amines is 1. The smallest absolute Gasteiger partial charge is 0.355 e. The molecule has 0 atom stereocenters. The quantitative estimate of drug-likeness (QED) is 0.592. The first-order valence-electron chi connectivity index (χ1n) is 7.61. The highest BCUT2D eigenvalue weighted by atomic mass is 35.5. The van der Waals surface area contributed by atoms with Crippen LogP contribution in [0, 0.1) is 20.8 Å². The molecule has 2 heterocycles. The van der Waals surface area contributed by atoms with Gasteiger partial charge in [-0.05, 0) is 39.3 Å². The van der Waals surface area contributed by atoms with Crippen molar-refractivity contribution in [2.45, 2.75) is 27.7 Å². The van der Waals surface area contributed by atoms with Crippen LogP contribution in [0.5, 0.6) is 0 Å². The second-order valence-electron chi connectivity index (χ2n) is 5.69. The monoisotopic (exact) mass is 397 g/mol. The number of rotatable bonds is 5. The number of hydrogen-bond donors (Lipinski definition) is 2. The van der Waals surface area contributed by atoms with Crippen molar-refractivity contribution in [3.8, 4) is 0 Å². The molecule has 2 aromatic heterocycles. The van der Waals surface area contributed by atoms with Crippen LogP contribution < -0.4 is 5.32 Å². The summed E-state index contributed by atoms with van der Waals surface area (Å²) in [7, 11) is 0. The van der Waals surface area contributed by atoms with Gasteiger partial charge in [-0.15, -0.1) is 0 Å². The van der Waals surface area contributed by atoms with Crippen LogP contribution >= 0.6 is 23.2 Å². The Morgan fingerprint density at radius 2 is 1.85 bits per heavy atom. The maximum atomic E-state index is 12.2. The summed E-state index contributed by atoms with van der Waals surface area (Å²) in [5, 5.41) is 2.99. The number of H-pyrrole nitrogens is 1. The van der Waals surface area contributed by atoms with E-state index in [-0.39, 0.29) is 22.3 Å². The lowest BCUT2D eigenvalue weighted by molar-refractivity contribution is -0.119. The van der Waals surface area contributed by atoms with Crippen LogP contribution in [-0.4, -0.2) is 34.2 Å². The Kier molecular flexibility index (Phi) is 6.05. The van der Waals surface area contributed by atoms with Gasteiger partial charge in [0.1, 0.15) is 5.69 Å². The van der Waals surface area contributed by atoms with E-state index in [1.54, 1.807) is 20.8 Å². The number of halogens is 2. The number of hydrogen-bond acceptors (Lipinski definition) is 5. The molecule has 0 saturated heterocycles. The number of nitrogens with one attached hydrogen (secondary N) is 2. The zero-order valence-corrected chi connectivity index (χ0v) is 16.1. The van der Waals surface area contributed by atoms with E-state index in [2.05, 4.69) is 15.3 Å². The molecule has 0 bridgehead atoms. The predicted octanol–water partition coefficient (Wildman–Crippen LogP) is 3.64. The van der Waals surface area contributed by atoms with Gasteiger partial charge in [0.15, 0.2) is 18.2 Å². The number of Topliss-reactive ketones (excluding diaryl/α,β-unsaturated/α-hetero) is 1. The molecule has 0 unspecified atom stereocenters. The van der Waals surface area contributed by atoms with Crippen LogP contribution in [0.25, 0.3) is 0 Å². The summed E-state index contributed by atoms with van der Waals surface area (Å²) in [4.78, 5) is 42.6. The van der Waals surface area contributed by atoms with Crippen molar-refractivity contribution < 1.29 is 19.1 Å². The Labute approximate surface area is 160 Å². The molecular weight excluding hydrogens is 381 g/mol. The molecule has 2 aromatic rings. The Balaban J connectivity index is 2.04. The highest BCUT2D eigenvalue weighted by Crippen LogP contribution is 2.25. The van der Waals surface area contributed by atoms with Crippen molar-refractivity contribution in [1.82, 2.24) is 9.97 Å². The molecule has 1 amide bonds. The van der Waals surface area contributed by atoms with Crippen molar-refractivity contribution in [2.24, 2.45) is 0 Å². The first-order valence-corrected chi connectivity index (χ1v) is 8.37. The van der Waals surface area contributed by atoms with Gasteiger partial charge >= 0.3 is 5.97 Å². The summed E-state index contributed by atoms with van der Waals surface area (Å²) >= 11 is 11.9. The minimum Gasteiger partial charge on any atom is -0.451 e. The SMILES string of the molecule is CC(=O)c1c(C)[nH]c(C(=O)OCC(=O)Nc2nc(C)c(Cl)cc2Cl)c1C. The van der Waals surface area contributed by atoms with Crippen molar-refractivity contribution in [3.63, 3.8) is 0 Å². The number of aromatic nitrogens is 2. The molecule has 0 aromatic carbocycles. The minimum atomic E-state index is -0.736. The fraction of sp³-hybridized carbons (Fsp3) is 0.294. The number of pyridine rings is 1. The van der Waals surface area contributed by atoms with Gasteiger partial charge in [0.25, 0.3) is 5.91 Å². The Morgan fingerprint density at radius 1 is 1.19 bits per heavy atom. The van der Waals surface area contributed by atoms with Gasteiger partial charge in [0.2, 0.25) is 0 Å². The molecule has 0 fully saturated rings. The number of carbonyl (C=O) groups excluding carboxylic acids is 3. The summed E-state index contributed by atoms with van der Waals surface area (Å²) in [6.07, 6.45) is 0. The first-order chi connectivity index (χ1) is 12.1. The second kappa shape index (κ2) is 7.88. The van der Waals surface area contributed by atoms with E-state index in [1.807, 2.05) is 0 Å². The van der Waals surface area contributed by atoms with Gasteiger partial charge in [-0.2, -0.15) is 0 Å². The fourth-order valence-electron chi connectivity index (χ4n) is 2.50. The molecule has 9 heteroatoms. The molecule has 0 radical (unpaired) electrons. The number of ether oxygens (including phenoxy) is 1. The lowest BCUT2D eigenvalue weighted by Crippen LogP contribution is -2.22. The van der Waals surface area contributed by atoms with Crippen LogP contribution in [0.2, 0.25) is 10.0 Å². The molecule has 0 aliphatic heterocycles. The van der Waals surface area contributed by atoms with Gasteiger partial charge in [0, 0.05) is 11.3 Å². The zero-order valence-electron chi connectivity index (χ0n) is 14.6.